The first-order valence-corrected chi connectivity index (χ1v) is 15.2. The number of fused-ring (bicyclic) bond motifs is 1. The molecule has 0 radical (unpaired) electrons. The van der Waals surface area contributed by atoms with Gasteiger partial charge in [-0.05, 0) is 55.3 Å². The molecule has 0 aliphatic carbocycles. The van der Waals surface area contributed by atoms with E-state index in [1.807, 2.05) is 16.0 Å². The largest absolute Gasteiger partial charge is 0.506 e. The van der Waals surface area contributed by atoms with E-state index in [2.05, 4.69) is 10.3 Å². The number of aromatic hydroxyl groups is 1. The number of phenols is 1. The minimum atomic E-state index is -3.65. The van der Waals surface area contributed by atoms with Crippen molar-refractivity contribution in [1.29, 1.82) is 0 Å². The fourth-order valence-electron chi connectivity index (χ4n) is 4.67. The number of anilines is 1. The van der Waals surface area contributed by atoms with Crippen LogP contribution in [0.1, 0.15) is 12.8 Å². The molecule has 1 saturated heterocycles. The average molecular weight is 602 g/mol. The lowest BCUT2D eigenvalue weighted by Gasteiger charge is -2.32. The minimum Gasteiger partial charge on any atom is -0.506 e. The summed E-state index contributed by atoms with van der Waals surface area (Å²) in [5.41, 5.74) is 2.72. The van der Waals surface area contributed by atoms with Gasteiger partial charge in [-0.15, -0.1) is 11.3 Å². The van der Waals surface area contributed by atoms with Crippen molar-refractivity contribution >= 4 is 55.5 Å². The summed E-state index contributed by atoms with van der Waals surface area (Å²) in [5.74, 6) is 0.357. The number of aromatic nitrogens is 4. The topological polar surface area (TPSA) is 113 Å². The highest BCUT2D eigenvalue weighted by Gasteiger charge is 2.30. The Labute approximate surface area is 238 Å². The Hall–Kier alpha value is -3.22. The number of benzene rings is 2. The third-order valence-electron chi connectivity index (χ3n) is 6.55. The molecule has 5 aromatic rings. The average Bonchev–Trinajstić information content (AvgIpc) is 3.52. The summed E-state index contributed by atoms with van der Waals surface area (Å²) in [6.07, 6.45) is 5.05. The third kappa shape index (κ3) is 5.08. The van der Waals surface area contributed by atoms with Crippen LogP contribution in [0.5, 0.6) is 5.75 Å². The monoisotopic (exact) mass is 600 g/mol. The smallest absolute Gasteiger partial charge is 0.243 e. The summed E-state index contributed by atoms with van der Waals surface area (Å²) in [4.78, 5) is 14.9. The molecule has 1 atom stereocenters. The van der Waals surface area contributed by atoms with Crippen molar-refractivity contribution in [3.63, 3.8) is 0 Å². The molecule has 200 valence electrons. The number of nitrogens with one attached hydrogen (secondary N) is 1. The molecule has 1 aliphatic rings. The van der Waals surface area contributed by atoms with E-state index in [0.29, 0.717) is 40.9 Å². The van der Waals surface area contributed by atoms with E-state index in [4.69, 9.17) is 33.2 Å². The molecule has 0 saturated carbocycles. The van der Waals surface area contributed by atoms with Crippen LogP contribution in [0.3, 0.4) is 0 Å². The molecule has 1 aliphatic heterocycles. The zero-order chi connectivity index (χ0) is 27.1. The van der Waals surface area contributed by atoms with Crippen molar-refractivity contribution in [2.45, 2.75) is 23.8 Å². The van der Waals surface area contributed by atoms with Crippen LogP contribution in [0.4, 0.5) is 5.95 Å². The van der Waals surface area contributed by atoms with Gasteiger partial charge in [0.05, 0.1) is 21.3 Å². The Morgan fingerprint density at radius 1 is 1.08 bits per heavy atom. The van der Waals surface area contributed by atoms with Gasteiger partial charge >= 0.3 is 0 Å². The van der Waals surface area contributed by atoms with Crippen LogP contribution in [-0.2, 0) is 10.0 Å². The molecular weight excluding hydrogens is 579 g/mol. The molecular formula is C26H22Cl2N6O3S2. The van der Waals surface area contributed by atoms with Gasteiger partial charge in [0.1, 0.15) is 11.4 Å². The van der Waals surface area contributed by atoms with Crippen molar-refractivity contribution in [3.05, 3.63) is 76.3 Å². The number of piperidine rings is 1. The van der Waals surface area contributed by atoms with Crippen molar-refractivity contribution < 1.29 is 13.5 Å². The second kappa shape index (κ2) is 10.4. The van der Waals surface area contributed by atoms with Crippen LogP contribution >= 0.6 is 34.5 Å². The first-order valence-electron chi connectivity index (χ1n) is 12.1. The lowest BCUT2D eigenvalue weighted by molar-refractivity contribution is 0.326. The van der Waals surface area contributed by atoms with E-state index in [9.17, 15) is 13.5 Å². The van der Waals surface area contributed by atoms with Gasteiger partial charge in [-0.25, -0.2) is 23.4 Å². The molecule has 2 aromatic carbocycles. The number of halogens is 2. The summed E-state index contributed by atoms with van der Waals surface area (Å²) in [7, 11) is -3.65. The molecule has 2 N–H and O–H groups in total. The quantitative estimate of drug-likeness (QED) is 0.253. The van der Waals surface area contributed by atoms with Crippen molar-refractivity contribution in [2.75, 3.05) is 18.4 Å². The molecule has 4 heterocycles. The highest BCUT2D eigenvalue weighted by atomic mass is 35.5. The number of thiazole rings is 1. The van der Waals surface area contributed by atoms with Crippen molar-refractivity contribution in [1.82, 2.24) is 23.7 Å². The second-order valence-corrected chi connectivity index (χ2v) is 12.8. The van der Waals surface area contributed by atoms with Crippen LogP contribution in [0.2, 0.25) is 10.0 Å². The van der Waals surface area contributed by atoms with E-state index < -0.39 is 10.0 Å². The standard InChI is InChI=1S/C26H22Cl2N6O3S2/c27-17-4-6-19(7-5-17)39(36,37)33-11-1-2-18(15-33)30-25-29-10-9-21(31-25)24-23(32-26-34(24)12-13-38-26)16-3-8-20(28)22(35)14-16/h3-10,12-14,18,35H,1-2,11,15H2,(H,29,30,31)/t18-/m1/s1. The maximum absolute atomic E-state index is 13.2. The number of rotatable bonds is 6. The van der Waals surface area contributed by atoms with E-state index in [1.165, 1.54) is 27.8 Å². The Morgan fingerprint density at radius 3 is 2.69 bits per heavy atom. The van der Waals surface area contributed by atoms with Crippen molar-refractivity contribution in [2.24, 2.45) is 0 Å². The van der Waals surface area contributed by atoms with Crippen LogP contribution < -0.4 is 5.32 Å². The Morgan fingerprint density at radius 2 is 1.90 bits per heavy atom. The molecule has 1 fully saturated rings. The van der Waals surface area contributed by atoms with Gasteiger partial charge < -0.3 is 10.4 Å². The number of phenolic OH excluding ortho intramolecular Hbond substituents is 1. The molecule has 3 aromatic heterocycles. The molecule has 13 heteroatoms. The summed E-state index contributed by atoms with van der Waals surface area (Å²) in [5, 5.41) is 16.2. The molecule has 0 unspecified atom stereocenters. The zero-order valence-electron chi connectivity index (χ0n) is 20.3. The van der Waals surface area contributed by atoms with Gasteiger partial charge in [-0.1, -0.05) is 29.3 Å². The maximum atomic E-state index is 13.2. The molecule has 0 amide bonds. The van der Waals surface area contributed by atoms with Gasteiger partial charge in [0.25, 0.3) is 0 Å². The lowest BCUT2D eigenvalue weighted by atomic mass is 10.1. The third-order valence-corrected chi connectivity index (χ3v) is 9.76. The Bertz CT molecular complexity index is 1770. The predicted octanol–water partition coefficient (Wildman–Crippen LogP) is 5.80. The van der Waals surface area contributed by atoms with Gasteiger partial charge in [0.2, 0.25) is 16.0 Å². The van der Waals surface area contributed by atoms with E-state index in [0.717, 1.165) is 17.1 Å². The van der Waals surface area contributed by atoms with Gasteiger partial charge in [-0.2, -0.15) is 4.31 Å². The van der Waals surface area contributed by atoms with E-state index >= 15 is 0 Å². The van der Waals surface area contributed by atoms with Crippen molar-refractivity contribution in [3.8, 4) is 28.4 Å². The lowest BCUT2D eigenvalue weighted by Crippen LogP contribution is -2.45. The highest BCUT2D eigenvalue weighted by Crippen LogP contribution is 2.36. The summed E-state index contributed by atoms with van der Waals surface area (Å²) in [6.45, 7) is 0.725. The van der Waals surface area contributed by atoms with Crippen LogP contribution in [0.15, 0.2) is 71.2 Å². The summed E-state index contributed by atoms with van der Waals surface area (Å²) >= 11 is 13.5. The predicted molar refractivity (Wildman–Crippen MR) is 153 cm³/mol. The summed E-state index contributed by atoms with van der Waals surface area (Å²) in [6, 6.07) is 12.8. The normalized spacial score (nSPS) is 16.5. The van der Waals surface area contributed by atoms with Gasteiger partial charge in [0.15, 0.2) is 4.96 Å². The molecule has 6 rings (SSSR count). The maximum Gasteiger partial charge on any atom is 0.243 e. The summed E-state index contributed by atoms with van der Waals surface area (Å²) < 4.78 is 29.9. The SMILES string of the molecule is O=S(=O)(c1ccc(Cl)cc1)N1CCC[C@@H](Nc2nccc(-c3c(-c4ccc(Cl)c(O)c4)nc4sccn34)n2)C1. The van der Waals surface area contributed by atoms with E-state index in [1.54, 1.807) is 42.6 Å². The van der Waals surface area contributed by atoms with Crippen LogP contribution in [0.25, 0.3) is 27.6 Å². The molecule has 0 spiro atoms. The fraction of sp³-hybridized carbons (Fsp3) is 0.192. The number of nitrogens with zero attached hydrogens (tertiary/aromatic N) is 5. The number of sulfonamides is 1. The Kier molecular flexibility index (Phi) is 6.94. The number of imidazole rings is 1. The highest BCUT2D eigenvalue weighted by molar-refractivity contribution is 7.89. The van der Waals surface area contributed by atoms with Crippen LogP contribution in [0, 0.1) is 0 Å². The zero-order valence-corrected chi connectivity index (χ0v) is 23.5. The Balaban J connectivity index is 1.28. The first-order chi connectivity index (χ1) is 18.8. The number of hydrogen-bond acceptors (Lipinski definition) is 8. The first kappa shape index (κ1) is 26.0. The van der Waals surface area contributed by atoms with Crippen LogP contribution in [-0.4, -0.2) is 56.3 Å². The molecule has 9 nitrogen and oxygen atoms in total. The number of hydrogen-bond donors (Lipinski definition) is 2. The van der Waals surface area contributed by atoms with Gasteiger partial charge in [-0.3, -0.25) is 4.40 Å². The minimum absolute atomic E-state index is 0.0306. The van der Waals surface area contributed by atoms with E-state index in [-0.39, 0.29) is 28.3 Å². The van der Waals surface area contributed by atoms with Gasteiger partial charge in [0, 0.05) is 47.5 Å². The molecule has 39 heavy (non-hydrogen) atoms. The molecule has 0 bridgehead atoms. The fourth-order valence-corrected chi connectivity index (χ4v) is 7.15. The second-order valence-electron chi connectivity index (χ2n) is 9.10.